The van der Waals surface area contributed by atoms with E-state index in [9.17, 15) is 29.6 Å². The van der Waals surface area contributed by atoms with Gasteiger partial charge in [0.05, 0.1) is 23.0 Å². The van der Waals surface area contributed by atoms with Gasteiger partial charge in [-0.05, 0) is 24.6 Å². The Labute approximate surface area is 159 Å². The number of hydrogen-bond donors (Lipinski definition) is 2. The summed E-state index contributed by atoms with van der Waals surface area (Å²) >= 11 is 0. The zero-order chi connectivity index (χ0) is 21.0. The van der Waals surface area contributed by atoms with Crippen LogP contribution >= 0.6 is 0 Å². The molecule has 28 heavy (non-hydrogen) atoms. The quantitative estimate of drug-likeness (QED) is 0.0919. The first-order chi connectivity index (χ1) is 13.2. The van der Waals surface area contributed by atoms with Gasteiger partial charge in [0.15, 0.2) is 0 Å². The van der Waals surface area contributed by atoms with E-state index in [1.54, 1.807) is 0 Å². The minimum atomic E-state index is -1.18. The number of Topliss-reactive ketones (excluding diaryl/α,β-unsaturated/α-hetero) is 1. The summed E-state index contributed by atoms with van der Waals surface area (Å²) in [4.78, 5) is 48.8. The maximum absolute atomic E-state index is 12.5. The molecule has 0 saturated carbocycles. The van der Waals surface area contributed by atoms with Gasteiger partial charge in [-0.3, -0.25) is 19.7 Å². The molecule has 1 aliphatic rings. The maximum atomic E-state index is 12.5. The highest BCUT2D eigenvalue weighted by Crippen LogP contribution is 2.26. The van der Waals surface area contributed by atoms with Crippen molar-refractivity contribution < 1.29 is 33.9 Å². The molecule has 1 amide bonds. The molecule has 1 aromatic carbocycles. The topological polar surface area (TPSA) is 172 Å². The van der Waals surface area contributed by atoms with Crippen LogP contribution in [0.3, 0.4) is 0 Å². The van der Waals surface area contributed by atoms with Crippen LogP contribution in [0.4, 0.5) is 5.69 Å². The number of rotatable bonds is 8. The number of nitro benzene ring substituents is 1. The highest BCUT2D eigenvalue weighted by molar-refractivity contribution is 6.62. The van der Waals surface area contributed by atoms with Gasteiger partial charge in [0.2, 0.25) is 5.91 Å². The van der Waals surface area contributed by atoms with E-state index in [2.05, 4.69) is 10.1 Å². The van der Waals surface area contributed by atoms with Crippen LogP contribution in [0.2, 0.25) is 0 Å². The van der Waals surface area contributed by atoms with Crippen LogP contribution in [0.15, 0.2) is 24.3 Å². The van der Waals surface area contributed by atoms with Gasteiger partial charge in [-0.25, -0.2) is 4.79 Å². The number of β-lactam (4-membered cyclic amide) rings is 1. The number of ketones is 1. The number of ether oxygens (including phenoxy) is 1. The zero-order valence-corrected chi connectivity index (χ0v) is 15.1. The standard InChI is InChI=1S/C17H18N4O7/c1-8(13-12(9(2)22)16(24)19-13)15(23)14(20-18)17(25)28-7-10-3-5-11(6-4-10)21(26)27/h3-6,8-9,12-13,22H,7H2,1-2H3,(H,19,24)/t8-,9+,12?,13?/m1/s1. The number of carbonyl (C=O) groups excluding carboxylic acids is 3. The van der Waals surface area contributed by atoms with Crippen molar-refractivity contribution in [2.24, 2.45) is 11.8 Å². The average molecular weight is 390 g/mol. The Bertz CT molecular complexity index is 859. The number of carbonyl (C=O) groups is 3. The number of nitro groups is 1. The molecule has 0 spiro atoms. The van der Waals surface area contributed by atoms with Gasteiger partial charge in [0.1, 0.15) is 6.61 Å². The fourth-order valence-corrected chi connectivity index (χ4v) is 2.87. The van der Waals surface area contributed by atoms with Crippen molar-refractivity contribution in [3.05, 3.63) is 45.5 Å². The van der Waals surface area contributed by atoms with Gasteiger partial charge in [-0.2, -0.15) is 4.79 Å². The Morgan fingerprint density at radius 3 is 2.43 bits per heavy atom. The lowest BCUT2D eigenvalue weighted by Crippen LogP contribution is -2.66. The monoisotopic (exact) mass is 390 g/mol. The molecule has 1 fully saturated rings. The van der Waals surface area contributed by atoms with E-state index >= 15 is 0 Å². The van der Waals surface area contributed by atoms with Gasteiger partial charge < -0.3 is 20.7 Å². The largest absolute Gasteiger partial charge is 0.452 e. The molecule has 0 radical (unpaired) electrons. The van der Waals surface area contributed by atoms with Gasteiger partial charge in [-0.15, -0.1) is 0 Å². The predicted octanol–water partition coefficient (Wildman–Crippen LogP) is 0.00940. The summed E-state index contributed by atoms with van der Waals surface area (Å²) in [5.74, 6) is -4.20. The summed E-state index contributed by atoms with van der Waals surface area (Å²) in [6, 6.07) is 4.50. The molecule has 0 aliphatic carbocycles. The number of nitrogens with one attached hydrogen (secondary N) is 1. The van der Waals surface area contributed by atoms with Gasteiger partial charge in [-0.1, -0.05) is 6.92 Å². The molecule has 1 heterocycles. The lowest BCUT2D eigenvalue weighted by Gasteiger charge is -2.40. The highest BCUT2D eigenvalue weighted by atomic mass is 16.6. The van der Waals surface area contributed by atoms with Gasteiger partial charge in [0.25, 0.3) is 11.5 Å². The third kappa shape index (κ3) is 4.27. The Morgan fingerprint density at radius 2 is 1.96 bits per heavy atom. The number of amides is 1. The van der Waals surface area contributed by atoms with Gasteiger partial charge in [0, 0.05) is 18.1 Å². The van der Waals surface area contributed by atoms with Crippen molar-refractivity contribution in [2.75, 3.05) is 0 Å². The van der Waals surface area contributed by atoms with E-state index in [4.69, 9.17) is 10.3 Å². The molecule has 4 atom stereocenters. The fraction of sp³-hybridized carbons (Fsp3) is 0.412. The number of aliphatic hydroxyl groups is 1. The number of hydrogen-bond acceptors (Lipinski definition) is 7. The molecule has 11 nitrogen and oxygen atoms in total. The lowest BCUT2D eigenvalue weighted by atomic mass is 9.76. The van der Waals surface area contributed by atoms with Crippen LogP contribution in [0, 0.1) is 22.0 Å². The molecule has 1 saturated heterocycles. The van der Waals surface area contributed by atoms with E-state index in [0.717, 1.165) is 0 Å². The van der Waals surface area contributed by atoms with Crippen LogP contribution in [-0.4, -0.2) is 50.3 Å². The molecule has 11 heteroatoms. The second-order valence-corrected chi connectivity index (χ2v) is 6.40. The Morgan fingerprint density at radius 1 is 1.36 bits per heavy atom. The summed E-state index contributed by atoms with van der Waals surface area (Å²) < 4.78 is 4.92. The normalized spacial score (nSPS) is 20.0. The molecule has 1 aromatic rings. The first-order valence-electron chi connectivity index (χ1n) is 8.32. The van der Waals surface area contributed by atoms with E-state index < -0.39 is 52.3 Å². The number of aliphatic hydroxyl groups excluding tert-OH is 1. The summed E-state index contributed by atoms with van der Waals surface area (Å²) in [7, 11) is 0. The molecule has 0 bridgehead atoms. The van der Waals surface area contributed by atoms with Crippen LogP contribution < -0.4 is 5.32 Å². The number of benzene rings is 1. The SMILES string of the molecule is C[C@H](O)C1C(=O)NC1[C@@H](C)C(=O)C(=[N+]=[N-])C(=O)OCc1ccc([N+](=O)[O-])cc1. The van der Waals surface area contributed by atoms with Crippen molar-refractivity contribution in [1.29, 1.82) is 0 Å². The fourth-order valence-electron chi connectivity index (χ4n) is 2.87. The predicted molar refractivity (Wildman–Crippen MR) is 92.8 cm³/mol. The lowest BCUT2D eigenvalue weighted by molar-refractivity contribution is -0.384. The summed E-state index contributed by atoms with van der Waals surface area (Å²) in [6.07, 6.45) is -0.988. The molecule has 1 aliphatic heterocycles. The van der Waals surface area contributed by atoms with Crippen LogP contribution in [0.5, 0.6) is 0 Å². The van der Waals surface area contributed by atoms with E-state index in [1.807, 2.05) is 0 Å². The third-order valence-electron chi connectivity index (χ3n) is 4.51. The van der Waals surface area contributed by atoms with E-state index in [-0.39, 0.29) is 12.3 Å². The first kappa shape index (κ1) is 20.9. The second-order valence-electron chi connectivity index (χ2n) is 6.40. The second kappa shape index (κ2) is 8.51. The van der Waals surface area contributed by atoms with E-state index in [0.29, 0.717) is 5.56 Å². The summed E-state index contributed by atoms with van der Waals surface area (Å²) in [6.45, 7) is 2.54. The molecule has 0 aromatic heterocycles. The average Bonchev–Trinajstić information content (AvgIpc) is 2.63. The van der Waals surface area contributed by atoms with Crippen LogP contribution in [0.25, 0.3) is 5.53 Å². The smallest absolute Gasteiger partial charge is 0.441 e. The minimum Gasteiger partial charge on any atom is -0.452 e. The summed E-state index contributed by atoms with van der Waals surface area (Å²) in [5.41, 5.74) is 8.51. The Balaban J connectivity index is 2.00. The maximum Gasteiger partial charge on any atom is 0.441 e. The number of esters is 1. The summed E-state index contributed by atoms with van der Waals surface area (Å²) in [5, 5.41) is 22.7. The van der Waals surface area contributed by atoms with Crippen molar-refractivity contribution >= 4 is 29.1 Å². The van der Waals surface area contributed by atoms with Crippen molar-refractivity contribution in [3.8, 4) is 0 Å². The Hall–Kier alpha value is -3.43. The number of nitrogens with zero attached hydrogens (tertiary/aromatic N) is 3. The van der Waals surface area contributed by atoms with E-state index in [1.165, 1.54) is 38.1 Å². The molecular weight excluding hydrogens is 372 g/mol. The Kier molecular flexibility index (Phi) is 6.34. The molecular formula is C17H18N4O7. The van der Waals surface area contributed by atoms with Crippen LogP contribution in [-0.2, 0) is 25.7 Å². The van der Waals surface area contributed by atoms with Gasteiger partial charge >= 0.3 is 11.7 Å². The highest BCUT2D eigenvalue weighted by Gasteiger charge is 2.50. The number of non-ortho nitro benzene ring substituents is 1. The van der Waals surface area contributed by atoms with Crippen molar-refractivity contribution in [3.63, 3.8) is 0 Å². The molecule has 2 rings (SSSR count). The van der Waals surface area contributed by atoms with Crippen LogP contribution in [0.1, 0.15) is 19.4 Å². The zero-order valence-electron chi connectivity index (χ0n) is 15.1. The van der Waals surface area contributed by atoms with Crippen molar-refractivity contribution in [2.45, 2.75) is 32.6 Å². The van der Waals surface area contributed by atoms with Crippen molar-refractivity contribution in [1.82, 2.24) is 5.32 Å². The molecule has 2 N–H and O–H groups in total. The minimum absolute atomic E-state index is 0.132. The molecule has 148 valence electrons. The molecule has 2 unspecified atom stereocenters. The third-order valence-corrected chi connectivity index (χ3v) is 4.51. The first-order valence-corrected chi connectivity index (χ1v) is 8.32.